The molecule has 0 spiro atoms. The molecular weight excluding hydrogens is 400 g/mol. The third-order valence-electron chi connectivity index (χ3n) is 6.38. The Bertz CT molecular complexity index is 720. The number of benzene rings is 1. The number of alkyl halides is 3. The third-order valence-corrected chi connectivity index (χ3v) is 6.38. The Morgan fingerprint density at radius 2 is 1.57 bits per heavy atom. The van der Waals surface area contributed by atoms with Crippen molar-refractivity contribution in [3.05, 3.63) is 35.6 Å². The average molecular weight is 428 g/mol. The van der Waals surface area contributed by atoms with Gasteiger partial charge in [-0.05, 0) is 94.8 Å². The van der Waals surface area contributed by atoms with E-state index in [1.165, 1.54) is 24.3 Å². The Balaban J connectivity index is 1.34. The third kappa shape index (κ3) is 6.27. The Hall–Kier alpha value is -1.96. The Labute approximate surface area is 174 Å². The van der Waals surface area contributed by atoms with Gasteiger partial charge in [-0.1, -0.05) is 0 Å². The number of piperidine rings is 1. The predicted molar refractivity (Wildman–Crippen MR) is 104 cm³/mol. The van der Waals surface area contributed by atoms with Crippen LogP contribution in [0.4, 0.5) is 17.6 Å². The van der Waals surface area contributed by atoms with E-state index in [4.69, 9.17) is 0 Å². The molecule has 1 aromatic carbocycles. The van der Waals surface area contributed by atoms with E-state index in [-0.39, 0.29) is 23.6 Å². The van der Waals surface area contributed by atoms with E-state index in [1.54, 1.807) is 0 Å². The standard InChI is InChI=1S/C22H28F4N2O2/c23-18-5-3-16(4-6-18)20(29)17-10-13-28(14-11-17)12-9-15-1-7-19(8-2-15)27-21(30)22(24,25)26/h3-6,15,17,19H,1-2,7-14H2,(H,27,30). The number of carbonyl (C=O) groups excluding carboxylic acids is 2. The lowest BCUT2D eigenvalue weighted by Crippen LogP contribution is -2.44. The molecule has 0 bridgehead atoms. The number of likely N-dealkylation sites (tertiary alicyclic amines) is 1. The maximum atomic E-state index is 13.0. The van der Waals surface area contributed by atoms with Gasteiger partial charge >= 0.3 is 12.1 Å². The molecule has 0 aromatic heterocycles. The number of nitrogens with one attached hydrogen (secondary N) is 1. The maximum absolute atomic E-state index is 13.0. The summed E-state index contributed by atoms with van der Waals surface area (Å²) in [6.07, 6.45) is 0.544. The quantitative estimate of drug-likeness (QED) is 0.542. The SMILES string of the molecule is O=C(c1ccc(F)cc1)C1CCN(CCC2CCC(NC(=O)C(F)(F)F)CC2)CC1. The first-order valence-corrected chi connectivity index (χ1v) is 10.6. The fourth-order valence-corrected chi connectivity index (χ4v) is 4.50. The molecule has 1 amide bonds. The molecule has 1 saturated carbocycles. The zero-order valence-corrected chi connectivity index (χ0v) is 16.9. The summed E-state index contributed by atoms with van der Waals surface area (Å²) in [5.74, 6) is -1.68. The summed E-state index contributed by atoms with van der Waals surface area (Å²) >= 11 is 0. The summed E-state index contributed by atoms with van der Waals surface area (Å²) in [6, 6.07) is 5.32. The second kappa shape index (κ2) is 9.90. The molecule has 1 aliphatic heterocycles. The van der Waals surface area contributed by atoms with Crippen LogP contribution < -0.4 is 5.32 Å². The van der Waals surface area contributed by atoms with E-state index < -0.39 is 12.1 Å². The van der Waals surface area contributed by atoms with Crippen LogP contribution in [0, 0.1) is 17.7 Å². The van der Waals surface area contributed by atoms with Crippen molar-refractivity contribution in [3.63, 3.8) is 0 Å². The van der Waals surface area contributed by atoms with Crippen molar-refractivity contribution < 1.29 is 27.2 Å². The van der Waals surface area contributed by atoms with Crippen molar-refractivity contribution in [2.75, 3.05) is 19.6 Å². The molecule has 166 valence electrons. The Morgan fingerprint density at radius 1 is 0.967 bits per heavy atom. The predicted octanol–water partition coefficient (Wildman–Crippen LogP) is 4.35. The molecule has 1 N–H and O–H groups in total. The van der Waals surface area contributed by atoms with Crippen molar-refractivity contribution in [1.82, 2.24) is 10.2 Å². The minimum Gasteiger partial charge on any atom is -0.346 e. The van der Waals surface area contributed by atoms with Crippen molar-refractivity contribution in [3.8, 4) is 0 Å². The van der Waals surface area contributed by atoms with E-state index in [0.29, 0.717) is 24.3 Å². The fraction of sp³-hybridized carbons (Fsp3) is 0.636. The van der Waals surface area contributed by atoms with Crippen LogP contribution in [0.3, 0.4) is 0 Å². The van der Waals surface area contributed by atoms with Gasteiger partial charge in [-0.2, -0.15) is 13.2 Å². The number of carbonyl (C=O) groups is 2. The normalized spacial score (nSPS) is 23.9. The van der Waals surface area contributed by atoms with Crippen molar-refractivity contribution in [1.29, 1.82) is 0 Å². The van der Waals surface area contributed by atoms with Crippen LogP contribution in [-0.4, -0.2) is 48.4 Å². The van der Waals surface area contributed by atoms with Gasteiger partial charge in [0.05, 0.1) is 0 Å². The molecule has 1 saturated heterocycles. The Morgan fingerprint density at radius 3 is 2.13 bits per heavy atom. The van der Waals surface area contributed by atoms with Gasteiger partial charge in [0.1, 0.15) is 5.82 Å². The maximum Gasteiger partial charge on any atom is 0.471 e. The van der Waals surface area contributed by atoms with Gasteiger partial charge in [0.15, 0.2) is 5.78 Å². The summed E-state index contributed by atoms with van der Waals surface area (Å²) in [5.41, 5.74) is 0.559. The topological polar surface area (TPSA) is 49.4 Å². The lowest BCUT2D eigenvalue weighted by Gasteiger charge is -2.34. The number of hydrogen-bond acceptors (Lipinski definition) is 3. The molecule has 0 radical (unpaired) electrons. The zero-order valence-electron chi connectivity index (χ0n) is 16.9. The highest BCUT2D eigenvalue weighted by atomic mass is 19.4. The summed E-state index contributed by atoms with van der Waals surface area (Å²) < 4.78 is 50.1. The molecule has 1 aliphatic carbocycles. The van der Waals surface area contributed by atoms with Crippen LogP contribution in [0.2, 0.25) is 0 Å². The second-order valence-electron chi connectivity index (χ2n) is 8.46. The lowest BCUT2D eigenvalue weighted by molar-refractivity contribution is -0.174. The number of hydrogen-bond donors (Lipinski definition) is 1. The van der Waals surface area contributed by atoms with Gasteiger partial charge in [-0.15, -0.1) is 0 Å². The highest BCUT2D eigenvalue weighted by molar-refractivity contribution is 5.97. The number of amides is 1. The molecule has 4 nitrogen and oxygen atoms in total. The van der Waals surface area contributed by atoms with E-state index in [9.17, 15) is 27.2 Å². The highest BCUT2D eigenvalue weighted by Crippen LogP contribution is 2.29. The monoisotopic (exact) mass is 428 g/mol. The first kappa shape index (κ1) is 22.7. The summed E-state index contributed by atoms with van der Waals surface area (Å²) in [4.78, 5) is 25.9. The first-order valence-electron chi connectivity index (χ1n) is 10.6. The molecule has 3 rings (SSSR count). The summed E-state index contributed by atoms with van der Waals surface area (Å²) in [6.45, 7) is 2.60. The lowest BCUT2D eigenvalue weighted by atomic mass is 9.83. The van der Waals surface area contributed by atoms with E-state index >= 15 is 0 Å². The Kier molecular flexibility index (Phi) is 7.50. The number of Topliss-reactive ketones (excluding diaryl/α,β-unsaturated/α-hetero) is 1. The van der Waals surface area contributed by atoms with Crippen LogP contribution in [0.5, 0.6) is 0 Å². The van der Waals surface area contributed by atoms with E-state index in [1.807, 2.05) is 0 Å². The molecule has 1 heterocycles. The number of halogens is 4. The zero-order chi connectivity index (χ0) is 21.7. The van der Waals surface area contributed by atoms with Gasteiger partial charge in [-0.25, -0.2) is 4.39 Å². The van der Waals surface area contributed by atoms with E-state index in [0.717, 1.165) is 51.7 Å². The van der Waals surface area contributed by atoms with Crippen LogP contribution >= 0.6 is 0 Å². The van der Waals surface area contributed by atoms with Gasteiger partial charge in [0.25, 0.3) is 0 Å². The van der Waals surface area contributed by atoms with Crippen molar-refractivity contribution in [2.24, 2.45) is 11.8 Å². The molecule has 1 aromatic rings. The van der Waals surface area contributed by atoms with Crippen LogP contribution in [0.15, 0.2) is 24.3 Å². The van der Waals surface area contributed by atoms with Crippen LogP contribution in [-0.2, 0) is 4.79 Å². The first-order chi connectivity index (χ1) is 14.2. The molecular formula is C22H28F4N2O2. The molecule has 8 heteroatoms. The fourth-order valence-electron chi connectivity index (χ4n) is 4.50. The van der Waals surface area contributed by atoms with Crippen LogP contribution in [0.25, 0.3) is 0 Å². The number of ketones is 1. The average Bonchev–Trinajstić information content (AvgIpc) is 2.73. The number of rotatable bonds is 6. The second-order valence-corrected chi connectivity index (χ2v) is 8.46. The minimum atomic E-state index is -4.82. The molecule has 2 fully saturated rings. The van der Waals surface area contributed by atoms with Gasteiger partial charge in [0.2, 0.25) is 0 Å². The summed E-state index contributed by atoms with van der Waals surface area (Å²) in [7, 11) is 0. The van der Waals surface area contributed by atoms with Crippen molar-refractivity contribution >= 4 is 11.7 Å². The molecule has 0 atom stereocenters. The highest BCUT2D eigenvalue weighted by Gasteiger charge is 2.40. The van der Waals surface area contributed by atoms with Gasteiger partial charge in [0, 0.05) is 17.5 Å². The van der Waals surface area contributed by atoms with Crippen LogP contribution in [0.1, 0.15) is 55.3 Å². The molecule has 0 unspecified atom stereocenters. The smallest absolute Gasteiger partial charge is 0.346 e. The molecule has 2 aliphatic rings. The largest absolute Gasteiger partial charge is 0.471 e. The summed E-state index contributed by atoms with van der Waals surface area (Å²) in [5, 5.41) is 2.09. The van der Waals surface area contributed by atoms with E-state index in [2.05, 4.69) is 10.2 Å². The number of nitrogens with zero attached hydrogens (tertiary/aromatic N) is 1. The minimum absolute atomic E-state index is 0.0283. The van der Waals surface area contributed by atoms with Gasteiger partial charge in [-0.3, -0.25) is 9.59 Å². The molecule has 30 heavy (non-hydrogen) atoms. The van der Waals surface area contributed by atoms with Gasteiger partial charge < -0.3 is 10.2 Å². The van der Waals surface area contributed by atoms with Crippen molar-refractivity contribution in [2.45, 2.75) is 57.2 Å².